The number of carbonyl (C=O) groups excluding carboxylic acids is 2. The lowest BCUT2D eigenvalue weighted by atomic mass is 10.0. The Balaban J connectivity index is 1.66. The summed E-state index contributed by atoms with van der Waals surface area (Å²) < 4.78 is 5.24. The molecule has 1 aliphatic heterocycles. The normalized spacial score (nSPS) is 15.4. The number of nitrogens with zero attached hydrogens (tertiary/aromatic N) is 2. The third-order valence-corrected chi connectivity index (χ3v) is 5.85. The van der Waals surface area contributed by atoms with Crippen LogP contribution >= 0.6 is 0 Å². The Morgan fingerprint density at radius 3 is 2.32 bits per heavy atom. The van der Waals surface area contributed by atoms with Gasteiger partial charge in [-0.2, -0.15) is 0 Å². The van der Waals surface area contributed by atoms with Gasteiger partial charge in [0.15, 0.2) is 0 Å². The quantitative estimate of drug-likeness (QED) is 0.773. The van der Waals surface area contributed by atoms with E-state index in [1.54, 1.807) is 13.2 Å². The SMILES string of the molecule is COc1ccc(N2CCCN(C(=O)C(NC(=O)c3ccccc3C)C(C)C)CC2)cc1. The molecule has 2 amide bonds. The maximum absolute atomic E-state index is 13.3. The number of methoxy groups -OCH3 is 1. The largest absolute Gasteiger partial charge is 0.497 e. The van der Waals surface area contributed by atoms with Crippen LogP contribution in [0.5, 0.6) is 5.75 Å². The Morgan fingerprint density at radius 2 is 1.68 bits per heavy atom. The van der Waals surface area contributed by atoms with E-state index in [1.165, 1.54) is 0 Å². The van der Waals surface area contributed by atoms with Crippen molar-refractivity contribution < 1.29 is 14.3 Å². The molecule has 1 N–H and O–H groups in total. The minimum Gasteiger partial charge on any atom is -0.497 e. The summed E-state index contributed by atoms with van der Waals surface area (Å²) in [6.07, 6.45) is 0.883. The molecule has 1 unspecified atom stereocenters. The third kappa shape index (κ3) is 5.57. The summed E-state index contributed by atoms with van der Waals surface area (Å²) in [4.78, 5) is 30.4. The van der Waals surface area contributed by atoms with Crippen molar-refractivity contribution in [2.24, 2.45) is 5.92 Å². The molecule has 1 atom stereocenters. The van der Waals surface area contributed by atoms with Crippen LogP contribution in [0, 0.1) is 12.8 Å². The number of benzene rings is 2. The third-order valence-electron chi connectivity index (χ3n) is 5.85. The van der Waals surface area contributed by atoms with Crippen LogP contribution in [-0.2, 0) is 4.79 Å². The number of ether oxygens (including phenoxy) is 1. The lowest BCUT2D eigenvalue weighted by molar-refractivity contribution is -0.134. The van der Waals surface area contributed by atoms with Crippen molar-refractivity contribution >= 4 is 17.5 Å². The van der Waals surface area contributed by atoms with E-state index in [0.717, 1.165) is 36.5 Å². The number of hydrogen-bond donors (Lipinski definition) is 1. The van der Waals surface area contributed by atoms with Crippen LogP contribution in [0.25, 0.3) is 0 Å². The van der Waals surface area contributed by atoms with Gasteiger partial charge in [0.1, 0.15) is 11.8 Å². The molecule has 0 aliphatic carbocycles. The number of aryl methyl sites for hydroxylation is 1. The van der Waals surface area contributed by atoms with Crippen LogP contribution in [0.2, 0.25) is 0 Å². The highest BCUT2D eigenvalue weighted by Crippen LogP contribution is 2.21. The number of hydrogen-bond acceptors (Lipinski definition) is 4. The molecule has 0 aromatic heterocycles. The first-order valence-electron chi connectivity index (χ1n) is 10.9. The van der Waals surface area contributed by atoms with Gasteiger partial charge in [-0.25, -0.2) is 0 Å². The van der Waals surface area contributed by atoms with E-state index in [-0.39, 0.29) is 17.7 Å². The summed E-state index contributed by atoms with van der Waals surface area (Å²) >= 11 is 0. The molecule has 1 heterocycles. The van der Waals surface area contributed by atoms with E-state index in [4.69, 9.17) is 4.74 Å². The van der Waals surface area contributed by atoms with Crippen molar-refractivity contribution in [2.45, 2.75) is 33.2 Å². The molecule has 6 nitrogen and oxygen atoms in total. The molecule has 6 heteroatoms. The molecule has 0 saturated carbocycles. The number of anilines is 1. The second kappa shape index (κ2) is 10.3. The van der Waals surface area contributed by atoms with Crippen molar-refractivity contribution in [3.63, 3.8) is 0 Å². The van der Waals surface area contributed by atoms with Crippen molar-refractivity contribution in [2.75, 3.05) is 38.2 Å². The van der Waals surface area contributed by atoms with Crippen molar-refractivity contribution in [1.82, 2.24) is 10.2 Å². The maximum Gasteiger partial charge on any atom is 0.252 e. The van der Waals surface area contributed by atoms with Gasteiger partial charge in [-0.05, 0) is 55.2 Å². The summed E-state index contributed by atoms with van der Waals surface area (Å²) in [7, 11) is 1.66. The topological polar surface area (TPSA) is 61.9 Å². The maximum atomic E-state index is 13.3. The first-order valence-corrected chi connectivity index (χ1v) is 10.9. The molecule has 2 aromatic rings. The van der Waals surface area contributed by atoms with Crippen LogP contribution in [0.1, 0.15) is 36.2 Å². The van der Waals surface area contributed by atoms with E-state index in [0.29, 0.717) is 18.7 Å². The van der Waals surface area contributed by atoms with Crippen molar-refractivity contribution in [3.8, 4) is 5.75 Å². The van der Waals surface area contributed by atoms with Gasteiger partial charge in [0.05, 0.1) is 7.11 Å². The highest BCUT2D eigenvalue weighted by molar-refractivity contribution is 5.98. The second-order valence-corrected chi connectivity index (χ2v) is 8.37. The van der Waals surface area contributed by atoms with Gasteiger partial charge < -0.3 is 19.9 Å². The minimum absolute atomic E-state index is 0.00131. The highest BCUT2D eigenvalue weighted by atomic mass is 16.5. The van der Waals surface area contributed by atoms with Gasteiger partial charge >= 0.3 is 0 Å². The Hall–Kier alpha value is -3.02. The minimum atomic E-state index is -0.542. The van der Waals surface area contributed by atoms with Crippen LogP contribution in [0.4, 0.5) is 5.69 Å². The molecule has 0 radical (unpaired) electrons. The standard InChI is InChI=1S/C25H33N3O3/c1-18(2)23(26-24(29)22-9-6-5-8-19(22)3)25(30)28-15-7-14-27(16-17-28)20-10-12-21(31-4)13-11-20/h5-6,8-13,18,23H,7,14-17H2,1-4H3,(H,26,29). The molecule has 0 spiro atoms. The first kappa shape index (κ1) is 22.7. The predicted molar refractivity (Wildman–Crippen MR) is 124 cm³/mol. The summed E-state index contributed by atoms with van der Waals surface area (Å²) in [5.74, 6) is 0.634. The Bertz CT molecular complexity index is 895. The second-order valence-electron chi connectivity index (χ2n) is 8.37. The molecule has 31 heavy (non-hydrogen) atoms. The fraction of sp³-hybridized carbons (Fsp3) is 0.440. The molecule has 2 aromatic carbocycles. The zero-order chi connectivity index (χ0) is 22.4. The van der Waals surface area contributed by atoms with Crippen molar-refractivity contribution in [1.29, 1.82) is 0 Å². The van der Waals surface area contributed by atoms with Gasteiger partial charge in [0.2, 0.25) is 5.91 Å². The lowest BCUT2D eigenvalue weighted by Gasteiger charge is -2.29. The molecule has 1 fully saturated rings. The highest BCUT2D eigenvalue weighted by Gasteiger charge is 2.30. The smallest absolute Gasteiger partial charge is 0.252 e. The summed E-state index contributed by atoms with van der Waals surface area (Å²) in [5, 5.41) is 2.99. The van der Waals surface area contributed by atoms with E-state index in [2.05, 4.69) is 22.3 Å². The molecule has 1 saturated heterocycles. The zero-order valence-corrected chi connectivity index (χ0v) is 18.9. The van der Waals surface area contributed by atoms with Gasteiger partial charge in [-0.15, -0.1) is 0 Å². The first-order chi connectivity index (χ1) is 14.9. The van der Waals surface area contributed by atoms with E-state index < -0.39 is 6.04 Å². The Labute approximate surface area is 185 Å². The molecule has 0 bridgehead atoms. The van der Waals surface area contributed by atoms with Gasteiger partial charge in [-0.1, -0.05) is 32.0 Å². The number of carbonyl (C=O) groups is 2. The number of nitrogens with one attached hydrogen (secondary N) is 1. The van der Waals surface area contributed by atoms with E-state index >= 15 is 0 Å². The zero-order valence-electron chi connectivity index (χ0n) is 18.9. The average Bonchev–Trinajstić information content (AvgIpc) is 3.03. The predicted octanol–water partition coefficient (Wildman–Crippen LogP) is 3.50. The number of rotatable bonds is 6. The Morgan fingerprint density at radius 1 is 0.968 bits per heavy atom. The fourth-order valence-corrected chi connectivity index (χ4v) is 3.95. The molecule has 3 rings (SSSR count). The summed E-state index contributed by atoms with van der Waals surface area (Å²) in [6.45, 7) is 8.82. The van der Waals surface area contributed by atoms with E-state index in [1.807, 2.05) is 56.0 Å². The number of amides is 2. The lowest BCUT2D eigenvalue weighted by Crippen LogP contribution is -2.52. The summed E-state index contributed by atoms with van der Waals surface area (Å²) in [5.41, 5.74) is 2.64. The Kier molecular flexibility index (Phi) is 7.55. The molecular formula is C25H33N3O3. The van der Waals surface area contributed by atoms with Gasteiger partial charge in [0, 0.05) is 37.4 Å². The fourth-order valence-electron chi connectivity index (χ4n) is 3.95. The van der Waals surface area contributed by atoms with Crippen LogP contribution in [-0.4, -0.2) is 56.0 Å². The summed E-state index contributed by atoms with van der Waals surface area (Å²) in [6, 6.07) is 14.9. The molecular weight excluding hydrogens is 390 g/mol. The van der Waals surface area contributed by atoms with Crippen molar-refractivity contribution in [3.05, 3.63) is 59.7 Å². The van der Waals surface area contributed by atoms with Crippen LogP contribution in [0.15, 0.2) is 48.5 Å². The monoisotopic (exact) mass is 423 g/mol. The van der Waals surface area contributed by atoms with Gasteiger partial charge in [-0.3, -0.25) is 9.59 Å². The van der Waals surface area contributed by atoms with Crippen LogP contribution in [0.3, 0.4) is 0 Å². The van der Waals surface area contributed by atoms with Crippen LogP contribution < -0.4 is 15.0 Å². The molecule has 1 aliphatic rings. The van der Waals surface area contributed by atoms with E-state index in [9.17, 15) is 9.59 Å². The van der Waals surface area contributed by atoms with Gasteiger partial charge in [0.25, 0.3) is 5.91 Å². The molecule has 166 valence electrons. The average molecular weight is 424 g/mol.